The van der Waals surface area contributed by atoms with Crippen LogP contribution in [-0.2, 0) is 6.54 Å². The summed E-state index contributed by atoms with van der Waals surface area (Å²) in [5.41, 5.74) is 2.37. The third kappa shape index (κ3) is 3.23. The van der Waals surface area contributed by atoms with Gasteiger partial charge >= 0.3 is 0 Å². The molecule has 0 aliphatic rings. The Balaban J connectivity index is 1.73. The number of aromatic nitrogens is 2. The van der Waals surface area contributed by atoms with Gasteiger partial charge in [0, 0.05) is 17.2 Å². The van der Waals surface area contributed by atoms with Crippen LogP contribution in [-0.4, -0.2) is 10.8 Å². The van der Waals surface area contributed by atoms with E-state index < -0.39 is 0 Å². The third-order valence-corrected chi connectivity index (χ3v) is 3.33. The molecule has 108 valence electrons. The third-order valence-electron chi connectivity index (χ3n) is 3.33. The molecule has 2 aromatic carbocycles. The summed E-state index contributed by atoms with van der Waals surface area (Å²) in [6, 6.07) is 17.2. The lowest BCUT2D eigenvalue weighted by Crippen LogP contribution is -2.37. The van der Waals surface area contributed by atoms with Crippen LogP contribution >= 0.6 is 0 Å². The zero-order valence-electron chi connectivity index (χ0n) is 11.8. The van der Waals surface area contributed by atoms with E-state index >= 15 is 0 Å². The first kappa shape index (κ1) is 14.1. The van der Waals surface area contributed by atoms with Crippen molar-refractivity contribution in [2.45, 2.75) is 6.54 Å². The zero-order chi connectivity index (χ0) is 15.4. The molecule has 0 atom stereocenters. The highest BCUT2D eigenvalue weighted by atomic mass is 19.1. The fraction of sp³-hybridized carbons (Fsp3) is 0.0556. The van der Waals surface area contributed by atoms with Crippen molar-refractivity contribution >= 4 is 5.78 Å². The van der Waals surface area contributed by atoms with E-state index in [4.69, 9.17) is 0 Å². The minimum atomic E-state index is -0.349. The topological polar surface area (TPSA) is 33.8 Å². The Bertz CT molecular complexity index is 768. The summed E-state index contributed by atoms with van der Waals surface area (Å²) >= 11 is 0. The van der Waals surface area contributed by atoms with Crippen LogP contribution in [0.15, 0.2) is 73.2 Å². The number of hydrogen-bond acceptors (Lipinski definition) is 2. The van der Waals surface area contributed by atoms with E-state index in [9.17, 15) is 9.18 Å². The monoisotopic (exact) mass is 293 g/mol. The molecule has 0 aliphatic carbocycles. The van der Waals surface area contributed by atoms with Gasteiger partial charge in [-0.3, -0.25) is 4.79 Å². The maximum atomic E-state index is 12.9. The Morgan fingerprint density at radius 3 is 2.36 bits per heavy atom. The molecule has 0 aliphatic heterocycles. The van der Waals surface area contributed by atoms with Crippen molar-refractivity contribution < 1.29 is 13.8 Å². The van der Waals surface area contributed by atoms with Gasteiger partial charge in [-0.1, -0.05) is 30.3 Å². The molecule has 1 aromatic heterocycles. The first-order valence-electron chi connectivity index (χ1n) is 6.92. The molecule has 0 spiro atoms. The number of carbonyl (C=O) groups excluding carboxylic acids is 1. The summed E-state index contributed by atoms with van der Waals surface area (Å²) in [5, 5.41) is 0. The Morgan fingerprint density at radius 1 is 1.00 bits per heavy atom. The van der Waals surface area contributed by atoms with Crippen LogP contribution in [0.4, 0.5) is 4.39 Å². The van der Waals surface area contributed by atoms with Crippen LogP contribution in [0.3, 0.4) is 0 Å². The van der Waals surface area contributed by atoms with Crippen molar-refractivity contribution in [1.29, 1.82) is 0 Å². The number of Topliss-reactive ketones (excluding diaryl/α,β-unsaturated/α-hetero) is 1. The molecule has 4 heteroatoms. The first-order chi connectivity index (χ1) is 10.7. The fourth-order valence-electron chi connectivity index (χ4n) is 2.15. The van der Waals surface area contributed by atoms with Crippen LogP contribution in [0.5, 0.6) is 0 Å². The molecule has 1 heterocycles. The van der Waals surface area contributed by atoms with Crippen LogP contribution < -0.4 is 4.57 Å². The maximum Gasteiger partial charge on any atom is 0.287 e. The highest BCUT2D eigenvalue weighted by Gasteiger charge is 2.11. The van der Waals surface area contributed by atoms with Gasteiger partial charge in [0.1, 0.15) is 5.82 Å². The van der Waals surface area contributed by atoms with Gasteiger partial charge in [-0.25, -0.2) is 8.96 Å². The lowest BCUT2D eigenvalue weighted by atomic mass is 10.1. The Hall–Kier alpha value is -2.88. The van der Waals surface area contributed by atoms with E-state index in [2.05, 4.69) is 4.98 Å². The van der Waals surface area contributed by atoms with Gasteiger partial charge in [0.15, 0.2) is 12.2 Å². The van der Waals surface area contributed by atoms with Crippen molar-refractivity contribution in [3.05, 3.63) is 84.6 Å². The normalized spacial score (nSPS) is 10.4. The van der Waals surface area contributed by atoms with Gasteiger partial charge in [-0.15, -0.1) is 0 Å². The number of halogens is 1. The molecule has 3 aromatic rings. The van der Waals surface area contributed by atoms with Crippen molar-refractivity contribution in [2.75, 3.05) is 0 Å². The van der Waals surface area contributed by atoms with E-state index in [0.717, 1.165) is 11.3 Å². The standard InChI is InChI=1S/C18H14FN2O/c19-16-8-6-15(7-9-16)18(22)12-21-11-10-17(20-13-21)14-4-2-1-3-5-14/h1-11,13H,12H2/q+1. The van der Waals surface area contributed by atoms with Gasteiger partial charge in [-0.2, -0.15) is 0 Å². The summed E-state index contributed by atoms with van der Waals surface area (Å²) in [6.07, 6.45) is 3.44. The largest absolute Gasteiger partial charge is 0.290 e. The van der Waals surface area contributed by atoms with Crippen LogP contribution in [0.1, 0.15) is 10.4 Å². The lowest BCUT2D eigenvalue weighted by Gasteiger charge is -2.01. The van der Waals surface area contributed by atoms with E-state index in [0.29, 0.717) is 5.56 Å². The second-order valence-corrected chi connectivity index (χ2v) is 4.91. The average Bonchev–Trinajstić information content (AvgIpc) is 2.57. The molecule has 0 amide bonds. The van der Waals surface area contributed by atoms with Crippen molar-refractivity contribution in [3.63, 3.8) is 0 Å². The van der Waals surface area contributed by atoms with Gasteiger partial charge in [0.25, 0.3) is 6.33 Å². The smallest absolute Gasteiger partial charge is 0.287 e. The summed E-state index contributed by atoms with van der Waals surface area (Å²) < 4.78 is 14.6. The van der Waals surface area contributed by atoms with Gasteiger partial charge in [0.2, 0.25) is 5.78 Å². The number of rotatable bonds is 4. The molecule has 0 radical (unpaired) electrons. The van der Waals surface area contributed by atoms with Crippen LogP contribution in [0.25, 0.3) is 11.3 Å². The number of benzene rings is 2. The molecular weight excluding hydrogens is 279 g/mol. The quantitative estimate of drug-likeness (QED) is 0.547. The van der Waals surface area contributed by atoms with E-state index in [-0.39, 0.29) is 18.1 Å². The van der Waals surface area contributed by atoms with Crippen LogP contribution in [0.2, 0.25) is 0 Å². The Kier molecular flexibility index (Phi) is 4.01. The summed E-state index contributed by atoms with van der Waals surface area (Å²) in [5.74, 6) is -0.433. The fourth-order valence-corrected chi connectivity index (χ4v) is 2.15. The van der Waals surface area contributed by atoms with E-state index in [1.807, 2.05) is 42.6 Å². The molecule has 22 heavy (non-hydrogen) atoms. The maximum absolute atomic E-state index is 12.9. The predicted octanol–water partition coefficient (Wildman–Crippen LogP) is 3.06. The van der Waals surface area contributed by atoms with Crippen molar-refractivity contribution in [2.24, 2.45) is 0 Å². The van der Waals surface area contributed by atoms with E-state index in [1.54, 1.807) is 10.9 Å². The van der Waals surface area contributed by atoms with Gasteiger partial charge in [0.05, 0.1) is 6.20 Å². The highest BCUT2D eigenvalue weighted by molar-refractivity contribution is 5.94. The molecular formula is C18H14FN2O+. The Labute approximate surface area is 127 Å². The zero-order valence-corrected chi connectivity index (χ0v) is 11.8. The van der Waals surface area contributed by atoms with Crippen molar-refractivity contribution in [1.82, 2.24) is 4.98 Å². The molecule has 3 rings (SSSR count). The molecule has 0 unspecified atom stereocenters. The summed E-state index contributed by atoms with van der Waals surface area (Å²) in [4.78, 5) is 16.5. The molecule has 0 N–H and O–H groups in total. The molecule has 0 bridgehead atoms. The SMILES string of the molecule is O=C(C[n+]1ccc(-c2ccccc2)nc1)c1ccc(F)cc1. The minimum Gasteiger partial charge on any atom is -0.290 e. The van der Waals surface area contributed by atoms with Gasteiger partial charge in [-0.05, 0) is 29.2 Å². The summed E-state index contributed by atoms with van der Waals surface area (Å²) in [6.45, 7) is 0.174. The predicted molar refractivity (Wildman–Crippen MR) is 80.6 cm³/mol. The number of ketones is 1. The van der Waals surface area contributed by atoms with Crippen molar-refractivity contribution in [3.8, 4) is 11.3 Å². The number of carbonyl (C=O) groups is 1. The lowest BCUT2D eigenvalue weighted by molar-refractivity contribution is -0.686. The molecule has 0 saturated heterocycles. The second-order valence-electron chi connectivity index (χ2n) is 4.91. The number of nitrogens with zero attached hydrogens (tertiary/aromatic N) is 2. The van der Waals surface area contributed by atoms with E-state index in [1.165, 1.54) is 24.3 Å². The highest BCUT2D eigenvalue weighted by Crippen LogP contribution is 2.13. The van der Waals surface area contributed by atoms with Crippen LogP contribution in [0, 0.1) is 5.82 Å². The average molecular weight is 293 g/mol. The molecule has 0 fully saturated rings. The van der Waals surface area contributed by atoms with Gasteiger partial charge < -0.3 is 0 Å². The Morgan fingerprint density at radius 2 is 1.73 bits per heavy atom. The minimum absolute atomic E-state index is 0.0840. The number of hydrogen-bond donors (Lipinski definition) is 0. The second kappa shape index (κ2) is 6.26. The first-order valence-corrected chi connectivity index (χ1v) is 6.92. The molecule has 3 nitrogen and oxygen atoms in total. The summed E-state index contributed by atoms with van der Waals surface area (Å²) in [7, 11) is 0. The molecule has 0 saturated carbocycles.